The number of imidazole rings is 1. The van der Waals surface area contributed by atoms with E-state index in [1.165, 1.54) is 0 Å². The third-order valence-electron chi connectivity index (χ3n) is 4.56. The SMILES string of the molecule is CCOC(=O)CC1(C)N=C(n2cnc3c(C)c(Cl)cnc32)c2ccccc2S1. The molecule has 0 spiro atoms. The first-order chi connectivity index (χ1) is 13.4. The van der Waals surface area contributed by atoms with Gasteiger partial charge in [-0.05, 0) is 32.4 Å². The summed E-state index contributed by atoms with van der Waals surface area (Å²) in [7, 11) is 0. The lowest BCUT2D eigenvalue weighted by atomic mass is 10.1. The van der Waals surface area contributed by atoms with Gasteiger partial charge in [-0.3, -0.25) is 9.36 Å². The van der Waals surface area contributed by atoms with Crippen LogP contribution in [0.15, 0.2) is 46.7 Å². The van der Waals surface area contributed by atoms with Gasteiger partial charge in [0.05, 0.1) is 18.1 Å². The van der Waals surface area contributed by atoms with E-state index in [-0.39, 0.29) is 12.4 Å². The first kappa shape index (κ1) is 19.0. The summed E-state index contributed by atoms with van der Waals surface area (Å²) in [5.41, 5.74) is 3.26. The third-order valence-corrected chi connectivity index (χ3v) is 6.19. The molecule has 0 aliphatic carbocycles. The molecule has 0 saturated carbocycles. The number of aliphatic imine (C=N–C) groups is 1. The van der Waals surface area contributed by atoms with E-state index in [9.17, 15) is 4.79 Å². The highest BCUT2D eigenvalue weighted by atomic mass is 35.5. The second-order valence-electron chi connectivity index (χ2n) is 6.71. The van der Waals surface area contributed by atoms with Gasteiger partial charge in [0, 0.05) is 16.7 Å². The number of carbonyl (C=O) groups excluding carboxylic acids is 1. The molecular formula is C20H19ClN4O2S. The number of fused-ring (bicyclic) bond motifs is 2. The van der Waals surface area contributed by atoms with Crippen molar-refractivity contribution in [1.82, 2.24) is 14.5 Å². The molecule has 3 heterocycles. The number of hydrogen-bond donors (Lipinski definition) is 0. The van der Waals surface area contributed by atoms with Crippen molar-refractivity contribution in [1.29, 1.82) is 0 Å². The van der Waals surface area contributed by atoms with E-state index in [4.69, 9.17) is 21.3 Å². The van der Waals surface area contributed by atoms with Crippen LogP contribution in [0.4, 0.5) is 0 Å². The number of carbonyl (C=O) groups is 1. The molecule has 3 aromatic rings. The van der Waals surface area contributed by atoms with Gasteiger partial charge in [0.15, 0.2) is 5.65 Å². The lowest BCUT2D eigenvalue weighted by Gasteiger charge is -2.31. The molecule has 144 valence electrons. The number of rotatable bonds is 3. The van der Waals surface area contributed by atoms with E-state index in [1.54, 1.807) is 31.2 Å². The van der Waals surface area contributed by atoms with Crippen LogP contribution in [0.3, 0.4) is 0 Å². The van der Waals surface area contributed by atoms with Crippen molar-refractivity contribution in [2.24, 2.45) is 4.99 Å². The van der Waals surface area contributed by atoms with Crippen LogP contribution in [0.25, 0.3) is 11.2 Å². The Bertz CT molecular complexity index is 1110. The van der Waals surface area contributed by atoms with Gasteiger partial charge in [0.1, 0.15) is 22.6 Å². The molecular weight excluding hydrogens is 396 g/mol. The molecule has 8 heteroatoms. The largest absolute Gasteiger partial charge is 0.466 e. The summed E-state index contributed by atoms with van der Waals surface area (Å²) in [5, 5.41) is 0.575. The average Bonchev–Trinajstić information content (AvgIpc) is 3.08. The van der Waals surface area contributed by atoms with Gasteiger partial charge in [-0.2, -0.15) is 0 Å². The maximum absolute atomic E-state index is 12.2. The van der Waals surface area contributed by atoms with Crippen LogP contribution in [0.1, 0.15) is 31.4 Å². The van der Waals surface area contributed by atoms with Gasteiger partial charge in [0.25, 0.3) is 0 Å². The van der Waals surface area contributed by atoms with Crippen molar-refractivity contribution in [3.8, 4) is 0 Å². The number of benzene rings is 1. The summed E-state index contributed by atoms with van der Waals surface area (Å²) in [5.74, 6) is 0.439. The highest BCUT2D eigenvalue weighted by molar-refractivity contribution is 8.00. The van der Waals surface area contributed by atoms with Crippen LogP contribution in [0.2, 0.25) is 5.02 Å². The minimum atomic E-state index is -0.687. The molecule has 28 heavy (non-hydrogen) atoms. The molecule has 0 bridgehead atoms. The number of pyridine rings is 1. The fourth-order valence-electron chi connectivity index (χ4n) is 3.24. The predicted octanol–water partition coefficient (Wildman–Crippen LogP) is 4.46. The van der Waals surface area contributed by atoms with Crippen molar-refractivity contribution >= 4 is 46.3 Å². The van der Waals surface area contributed by atoms with E-state index < -0.39 is 4.87 Å². The Labute approximate surface area is 172 Å². The number of nitrogens with zero attached hydrogens (tertiary/aromatic N) is 4. The summed E-state index contributed by atoms with van der Waals surface area (Å²) in [6, 6.07) is 8.00. The molecule has 0 amide bonds. The van der Waals surface area contributed by atoms with Crippen molar-refractivity contribution in [2.45, 2.75) is 37.0 Å². The number of esters is 1. The topological polar surface area (TPSA) is 69.4 Å². The second-order valence-corrected chi connectivity index (χ2v) is 8.64. The summed E-state index contributed by atoms with van der Waals surface area (Å²) in [6.07, 6.45) is 3.50. The maximum Gasteiger partial charge on any atom is 0.309 e. The molecule has 0 N–H and O–H groups in total. The molecule has 0 fully saturated rings. The molecule has 1 aliphatic rings. The minimum absolute atomic E-state index is 0.175. The fourth-order valence-corrected chi connectivity index (χ4v) is 4.59. The number of hydrogen-bond acceptors (Lipinski definition) is 6. The van der Waals surface area contributed by atoms with Gasteiger partial charge in [0.2, 0.25) is 0 Å². The highest BCUT2D eigenvalue weighted by Gasteiger charge is 2.35. The molecule has 0 saturated heterocycles. The lowest BCUT2D eigenvalue weighted by Crippen LogP contribution is -2.31. The van der Waals surface area contributed by atoms with Crippen LogP contribution in [-0.4, -0.2) is 37.8 Å². The highest BCUT2D eigenvalue weighted by Crippen LogP contribution is 2.43. The molecule has 1 unspecified atom stereocenters. The Morgan fingerprint density at radius 3 is 2.89 bits per heavy atom. The first-order valence-corrected chi connectivity index (χ1v) is 10.1. The summed E-state index contributed by atoms with van der Waals surface area (Å²) < 4.78 is 7.02. The van der Waals surface area contributed by atoms with Crippen LogP contribution in [-0.2, 0) is 9.53 Å². The number of thioether (sulfide) groups is 1. The monoisotopic (exact) mass is 414 g/mol. The Morgan fingerprint density at radius 2 is 2.11 bits per heavy atom. The second kappa shape index (κ2) is 7.22. The summed E-state index contributed by atoms with van der Waals surface area (Å²) >= 11 is 7.76. The fraction of sp³-hybridized carbons (Fsp3) is 0.300. The van der Waals surface area contributed by atoms with E-state index in [0.29, 0.717) is 23.1 Å². The standard InChI is InChI=1S/C20H19ClN4O2S/c1-4-27-16(26)9-20(3)24-18(13-7-5-6-8-15(13)28-20)25-11-23-17-12(2)14(21)10-22-19(17)25/h5-8,10-11H,4,9H2,1-3H3. The van der Waals surface area contributed by atoms with Crippen molar-refractivity contribution in [3.63, 3.8) is 0 Å². The number of halogens is 1. The van der Waals surface area contributed by atoms with Gasteiger partial charge >= 0.3 is 5.97 Å². The molecule has 1 aliphatic heterocycles. The van der Waals surface area contributed by atoms with E-state index in [0.717, 1.165) is 21.5 Å². The summed E-state index contributed by atoms with van der Waals surface area (Å²) in [4.78, 5) is 26.5. The zero-order chi connectivity index (χ0) is 19.9. The van der Waals surface area contributed by atoms with Crippen LogP contribution >= 0.6 is 23.4 Å². The minimum Gasteiger partial charge on any atom is -0.466 e. The quantitative estimate of drug-likeness (QED) is 0.591. The Hall–Kier alpha value is -2.38. The Morgan fingerprint density at radius 1 is 1.32 bits per heavy atom. The lowest BCUT2D eigenvalue weighted by molar-refractivity contribution is -0.143. The van der Waals surface area contributed by atoms with E-state index in [1.807, 2.05) is 42.7 Å². The van der Waals surface area contributed by atoms with Crippen molar-refractivity contribution in [3.05, 3.63) is 52.9 Å². The zero-order valence-electron chi connectivity index (χ0n) is 15.8. The number of aryl methyl sites for hydroxylation is 1. The smallest absolute Gasteiger partial charge is 0.309 e. The van der Waals surface area contributed by atoms with Gasteiger partial charge in [-0.25, -0.2) is 15.0 Å². The molecule has 1 aromatic carbocycles. The Kier molecular flexibility index (Phi) is 4.89. The normalized spacial score (nSPS) is 18.6. The average molecular weight is 415 g/mol. The van der Waals surface area contributed by atoms with E-state index in [2.05, 4.69) is 9.97 Å². The van der Waals surface area contributed by atoms with Crippen LogP contribution in [0, 0.1) is 6.92 Å². The Balaban J connectivity index is 1.87. The van der Waals surface area contributed by atoms with Gasteiger partial charge in [-0.1, -0.05) is 41.6 Å². The van der Waals surface area contributed by atoms with E-state index >= 15 is 0 Å². The number of aromatic nitrogens is 3. The molecule has 0 radical (unpaired) electrons. The van der Waals surface area contributed by atoms with Crippen molar-refractivity contribution in [2.75, 3.05) is 6.61 Å². The van der Waals surface area contributed by atoms with Gasteiger partial charge < -0.3 is 4.74 Å². The molecule has 2 aromatic heterocycles. The van der Waals surface area contributed by atoms with Crippen LogP contribution < -0.4 is 0 Å². The van der Waals surface area contributed by atoms with Crippen LogP contribution in [0.5, 0.6) is 0 Å². The molecule has 6 nitrogen and oxygen atoms in total. The van der Waals surface area contributed by atoms with Gasteiger partial charge in [-0.15, -0.1) is 0 Å². The molecule has 1 atom stereocenters. The first-order valence-electron chi connectivity index (χ1n) is 8.94. The third kappa shape index (κ3) is 3.29. The maximum atomic E-state index is 12.2. The van der Waals surface area contributed by atoms with Crippen molar-refractivity contribution < 1.29 is 9.53 Å². The summed E-state index contributed by atoms with van der Waals surface area (Å²) in [6.45, 7) is 6.01. The zero-order valence-corrected chi connectivity index (χ0v) is 17.3. The number of ether oxygens (including phenoxy) is 1. The predicted molar refractivity (Wildman–Crippen MR) is 111 cm³/mol. The molecule has 4 rings (SSSR count).